The summed E-state index contributed by atoms with van der Waals surface area (Å²) in [4.78, 5) is 12.2. The molecule has 0 fully saturated rings. The number of halogens is 1. The topological polar surface area (TPSA) is 89.3 Å². The summed E-state index contributed by atoms with van der Waals surface area (Å²) >= 11 is 9.90. The summed E-state index contributed by atoms with van der Waals surface area (Å²) in [6.45, 7) is -0.0647. The first-order valence-electron chi connectivity index (χ1n) is 4.57. The fraction of sp³-hybridized carbons (Fsp3) is 0.222. The van der Waals surface area contributed by atoms with Crippen molar-refractivity contribution in [1.82, 2.24) is 5.32 Å². The number of nitrogens with two attached hydrogens (primary N) is 1. The maximum absolute atomic E-state index is 11.6. The molecule has 0 saturated heterocycles. The van der Waals surface area contributed by atoms with Gasteiger partial charge in [0.2, 0.25) is 10.0 Å². The number of hydrogen-bond acceptors (Lipinski definition) is 4. The average molecular weight is 295 g/mol. The largest absolute Gasteiger partial charge is 0.351 e. The molecule has 1 aromatic rings. The first kappa shape index (κ1) is 14.3. The van der Waals surface area contributed by atoms with Crippen LogP contribution in [0, 0.1) is 0 Å². The van der Waals surface area contributed by atoms with Gasteiger partial charge in [0.25, 0.3) is 5.91 Å². The van der Waals surface area contributed by atoms with Gasteiger partial charge in [0.1, 0.15) is 0 Å². The SMILES string of the molecule is NS(=O)(=O)CCNC(=O)c1cc(S)ccc1Cl. The zero-order valence-electron chi connectivity index (χ0n) is 8.68. The minimum atomic E-state index is -3.58. The lowest BCUT2D eigenvalue weighted by atomic mass is 10.2. The molecule has 94 valence electrons. The first-order valence-corrected chi connectivity index (χ1v) is 7.11. The van der Waals surface area contributed by atoms with Gasteiger partial charge in [0, 0.05) is 11.4 Å². The van der Waals surface area contributed by atoms with Crippen molar-refractivity contribution in [2.24, 2.45) is 5.14 Å². The number of amides is 1. The van der Waals surface area contributed by atoms with Crippen LogP contribution < -0.4 is 10.5 Å². The smallest absolute Gasteiger partial charge is 0.252 e. The van der Waals surface area contributed by atoms with Crippen LogP contribution in [0.3, 0.4) is 0 Å². The highest BCUT2D eigenvalue weighted by atomic mass is 35.5. The van der Waals surface area contributed by atoms with E-state index in [4.69, 9.17) is 16.7 Å². The molecule has 1 rings (SSSR count). The molecule has 0 aliphatic carbocycles. The maximum Gasteiger partial charge on any atom is 0.252 e. The lowest BCUT2D eigenvalue weighted by Crippen LogP contribution is -2.31. The molecule has 3 N–H and O–H groups in total. The highest BCUT2D eigenvalue weighted by Crippen LogP contribution is 2.19. The van der Waals surface area contributed by atoms with Crippen molar-refractivity contribution in [2.75, 3.05) is 12.3 Å². The number of benzene rings is 1. The molecule has 5 nitrogen and oxygen atoms in total. The van der Waals surface area contributed by atoms with E-state index in [1.54, 1.807) is 12.1 Å². The summed E-state index contributed by atoms with van der Waals surface area (Å²) in [6.07, 6.45) is 0. The normalized spacial score (nSPS) is 11.2. The van der Waals surface area contributed by atoms with E-state index in [0.29, 0.717) is 4.90 Å². The molecule has 1 aromatic carbocycles. The van der Waals surface area contributed by atoms with E-state index in [0.717, 1.165) is 0 Å². The molecule has 0 spiro atoms. The minimum absolute atomic E-state index is 0.0647. The van der Waals surface area contributed by atoms with Crippen LogP contribution in [0.1, 0.15) is 10.4 Å². The third-order valence-corrected chi connectivity index (χ3v) is 3.25. The van der Waals surface area contributed by atoms with Gasteiger partial charge in [-0.1, -0.05) is 11.6 Å². The van der Waals surface area contributed by atoms with E-state index in [9.17, 15) is 13.2 Å². The van der Waals surface area contributed by atoms with E-state index in [1.165, 1.54) is 6.07 Å². The Hall–Kier alpha value is -0.760. The molecule has 0 aliphatic rings. The number of nitrogens with one attached hydrogen (secondary N) is 1. The summed E-state index contributed by atoms with van der Waals surface area (Å²) in [5.74, 6) is -0.786. The number of primary sulfonamides is 1. The van der Waals surface area contributed by atoms with Crippen molar-refractivity contribution >= 4 is 40.2 Å². The van der Waals surface area contributed by atoms with E-state index >= 15 is 0 Å². The monoisotopic (exact) mass is 294 g/mol. The Kier molecular flexibility index (Phi) is 4.81. The standard InChI is InChI=1S/C9H11ClN2O3S2/c10-8-2-1-6(16)5-7(8)9(13)12-3-4-17(11,14)15/h1-2,5,16H,3-4H2,(H,12,13)(H2,11,14,15). The molecule has 0 unspecified atom stereocenters. The van der Waals surface area contributed by atoms with Crippen LogP contribution in [0.25, 0.3) is 0 Å². The Morgan fingerprint density at radius 1 is 1.47 bits per heavy atom. The van der Waals surface area contributed by atoms with Gasteiger partial charge in [-0.3, -0.25) is 4.79 Å². The second-order valence-corrected chi connectivity index (χ2v) is 5.94. The molecule has 0 heterocycles. The van der Waals surface area contributed by atoms with Crippen LogP contribution in [-0.4, -0.2) is 26.6 Å². The molecular weight excluding hydrogens is 284 g/mol. The third kappa shape index (κ3) is 4.95. The van der Waals surface area contributed by atoms with E-state index in [2.05, 4.69) is 17.9 Å². The van der Waals surface area contributed by atoms with Gasteiger partial charge in [-0.15, -0.1) is 12.6 Å². The molecule has 0 atom stereocenters. The van der Waals surface area contributed by atoms with E-state index in [1.807, 2.05) is 0 Å². The number of carbonyl (C=O) groups excluding carboxylic acids is 1. The zero-order valence-corrected chi connectivity index (χ0v) is 11.1. The second kappa shape index (κ2) is 5.72. The van der Waals surface area contributed by atoms with Crippen molar-refractivity contribution in [1.29, 1.82) is 0 Å². The quantitative estimate of drug-likeness (QED) is 0.712. The van der Waals surface area contributed by atoms with Crippen LogP contribution in [0.5, 0.6) is 0 Å². The number of hydrogen-bond donors (Lipinski definition) is 3. The Labute approximate surface area is 110 Å². The Balaban J connectivity index is 2.67. The predicted octanol–water partition coefficient (Wildman–Crippen LogP) is 0.647. The molecule has 8 heteroatoms. The van der Waals surface area contributed by atoms with Gasteiger partial charge >= 0.3 is 0 Å². The van der Waals surface area contributed by atoms with Gasteiger partial charge in [0.15, 0.2) is 0 Å². The summed E-state index contributed by atoms with van der Waals surface area (Å²) in [6, 6.07) is 4.68. The summed E-state index contributed by atoms with van der Waals surface area (Å²) in [7, 11) is -3.58. The van der Waals surface area contributed by atoms with Crippen molar-refractivity contribution in [3.05, 3.63) is 28.8 Å². The fourth-order valence-corrected chi connectivity index (χ4v) is 1.88. The number of carbonyl (C=O) groups is 1. The molecule has 17 heavy (non-hydrogen) atoms. The zero-order chi connectivity index (χ0) is 13.1. The molecule has 1 amide bonds. The molecular formula is C9H11ClN2O3S2. The van der Waals surface area contributed by atoms with Crippen molar-refractivity contribution in [2.45, 2.75) is 4.90 Å². The van der Waals surface area contributed by atoms with Gasteiger partial charge < -0.3 is 5.32 Å². The molecule has 0 aromatic heterocycles. The van der Waals surface area contributed by atoms with Crippen molar-refractivity contribution < 1.29 is 13.2 Å². The van der Waals surface area contributed by atoms with Gasteiger partial charge in [-0.2, -0.15) is 0 Å². The Morgan fingerprint density at radius 3 is 2.71 bits per heavy atom. The Bertz CT molecular complexity index is 531. The first-order chi connectivity index (χ1) is 7.79. The van der Waals surface area contributed by atoms with Crippen LogP contribution in [0.2, 0.25) is 5.02 Å². The van der Waals surface area contributed by atoms with Gasteiger partial charge in [0.05, 0.1) is 16.3 Å². The highest BCUT2D eigenvalue weighted by molar-refractivity contribution is 7.89. The number of sulfonamides is 1. The molecule has 0 saturated carbocycles. The molecule has 0 aliphatic heterocycles. The lowest BCUT2D eigenvalue weighted by Gasteiger charge is -2.06. The maximum atomic E-state index is 11.6. The van der Waals surface area contributed by atoms with Gasteiger partial charge in [-0.25, -0.2) is 13.6 Å². The van der Waals surface area contributed by atoms with Crippen molar-refractivity contribution in [3.8, 4) is 0 Å². The summed E-state index contributed by atoms with van der Waals surface area (Å²) in [5.41, 5.74) is 0.244. The predicted molar refractivity (Wildman–Crippen MR) is 69.0 cm³/mol. The van der Waals surface area contributed by atoms with Crippen LogP contribution >= 0.6 is 24.2 Å². The highest BCUT2D eigenvalue weighted by Gasteiger charge is 2.11. The van der Waals surface area contributed by atoms with Crippen LogP contribution in [0.4, 0.5) is 0 Å². The third-order valence-electron chi connectivity index (χ3n) is 1.87. The van der Waals surface area contributed by atoms with E-state index in [-0.39, 0.29) is 22.9 Å². The average Bonchev–Trinajstić information content (AvgIpc) is 2.19. The van der Waals surface area contributed by atoms with Crippen molar-refractivity contribution in [3.63, 3.8) is 0 Å². The van der Waals surface area contributed by atoms with Crippen LogP contribution in [-0.2, 0) is 10.0 Å². The second-order valence-electron chi connectivity index (χ2n) is 3.29. The van der Waals surface area contributed by atoms with Crippen LogP contribution in [0.15, 0.2) is 23.1 Å². The fourth-order valence-electron chi connectivity index (χ4n) is 1.09. The summed E-state index contributed by atoms with van der Waals surface area (Å²) < 4.78 is 21.3. The van der Waals surface area contributed by atoms with Gasteiger partial charge in [-0.05, 0) is 18.2 Å². The Morgan fingerprint density at radius 2 is 2.12 bits per heavy atom. The lowest BCUT2D eigenvalue weighted by molar-refractivity contribution is 0.0956. The molecule has 0 bridgehead atoms. The number of rotatable bonds is 4. The molecule has 0 radical (unpaired) electrons. The summed E-state index contributed by atoms with van der Waals surface area (Å²) in [5, 5.41) is 7.48. The number of thiol groups is 1. The minimum Gasteiger partial charge on any atom is -0.351 e. The van der Waals surface area contributed by atoms with E-state index < -0.39 is 15.9 Å².